The van der Waals surface area contributed by atoms with E-state index in [-0.39, 0.29) is 18.1 Å². The SMILES string of the molecule is CC(C)C(O)CCNC(=O)NCCc1cccc(Cl)c1. The third kappa shape index (κ3) is 6.78. The van der Waals surface area contributed by atoms with Crippen LogP contribution in [0.2, 0.25) is 5.02 Å². The Hall–Kier alpha value is -1.26. The van der Waals surface area contributed by atoms with Gasteiger partial charge in [0.2, 0.25) is 0 Å². The molecule has 1 unspecified atom stereocenters. The Kier molecular flexibility index (Phi) is 7.41. The average molecular weight is 299 g/mol. The van der Waals surface area contributed by atoms with E-state index in [2.05, 4.69) is 10.6 Å². The minimum Gasteiger partial charge on any atom is -0.393 e. The van der Waals surface area contributed by atoms with E-state index in [1.54, 1.807) is 0 Å². The van der Waals surface area contributed by atoms with Crippen molar-refractivity contribution < 1.29 is 9.90 Å². The first-order valence-corrected chi connectivity index (χ1v) is 7.31. The van der Waals surface area contributed by atoms with Gasteiger partial charge in [-0.3, -0.25) is 0 Å². The van der Waals surface area contributed by atoms with Crippen molar-refractivity contribution in [2.75, 3.05) is 13.1 Å². The Bertz CT molecular complexity index is 424. The molecule has 4 nitrogen and oxygen atoms in total. The molecule has 0 aromatic heterocycles. The monoisotopic (exact) mass is 298 g/mol. The summed E-state index contributed by atoms with van der Waals surface area (Å²) in [6.07, 6.45) is 0.934. The van der Waals surface area contributed by atoms with Crippen LogP contribution in [-0.4, -0.2) is 30.3 Å². The summed E-state index contributed by atoms with van der Waals surface area (Å²) in [6, 6.07) is 7.38. The highest BCUT2D eigenvalue weighted by atomic mass is 35.5. The Morgan fingerprint density at radius 2 is 2.00 bits per heavy atom. The van der Waals surface area contributed by atoms with Crippen LogP contribution in [0.15, 0.2) is 24.3 Å². The van der Waals surface area contributed by atoms with E-state index in [9.17, 15) is 9.90 Å². The molecule has 3 N–H and O–H groups in total. The number of halogens is 1. The van der Waals surface area contributed by atoms with Crippen LogP contribution >= 0.6 is 11.6 Å². The molecule has 0 fully saturated rings. The first-order valence-electron chi connectivity index (χ1n) is 6.93. The second-order valence-electron chi connectivity index (χ2n) is 5.16. The maximum Gasteiger partial charge on any atom is 0.314 e. The summed E-state index contributed by atoms with van der Waals surface area (Å²) in [5, 5.41) is 15.8. The van der Waals surface area contributed by atoms with Crippen LogP contribution in [0.4, 0.5) is 4.79 Å². The van der Waals surface area contributed by atoms with E-state index >= 15 is 0 Å². The van der Waals surface area contributed by atoms with E-state index in [1.807, 2.05) is 38.1 Å². The highest BCUT2D eigenvalue weighted by Crippen LogP contribution is 2.10. The summed E-state index contributed by atoms with van der Waals surface area (Å²) in [7, 11) is 0. The Morgan fingerprint density at radius 3 is 2.65 bits per heavy atom. The van der Waals surface area contributed by atoms with Crippen LogP contribution in [0.1, 0.15) is 25.8 Å². The molecular formula is C15H23ClN2O2. The fourth-order valence-electron chi connectivity index (χ4n) is 1.74. The molecular weight excluding hydrogens is 276 g/mol. The third-order valence-corrected chi connectivity index (χ3v) is 3.32. The summed E-state index contributed by atoms with van der Waals surface area (Å²) in [5.74, 6) is 0.211. The lowest BCUT2D eigenvalue weighted by molar-refractivity contribution is 0.116. The number of hydrogen-bond donors (Lipinski definition) is 3. The van der Waals surface area contributed by atoms with Crippen molar-refractivity contribution in [2.45, 2.75) is 32.8 Å². The number of carbonyl (C=O) groups excluding carboxylic acids is 1. The zero-order chi connectivity index (χ0) is 15.0. The molecule has 1 rings (SSSR count). The average Bonchev–Trinajstić information content (AvgIpc) is 2.38. The van der Waals surface area contributed by atoms with Gasteiger partial charge < -0.3 is 15.7 Å². The Labute approximate surface area is 125 Å². The van der Waals surface area contributed by atoms with Crippen molar-refractivity contribution >= 4 is 17.6 Å². The van der Waals surface area contributed by atoms with Gasteiger partial charge in [0.25, 0.3) is 0 Å². The van der Waals surface area contributed by atoms with Crippen LogP contribution in [0.25, 0.3) is 0 Å². The number of aliphatic hydroxyl groups is 1. The molecule has 1 aromatic carbocycles. The fraction of sp³-hybridized carbons (Fsp3) is 0.533. The van der Waals surface area contributed by atoms with Crippen molar-refractivity contribution in [1.29, 1.82) is 0 Å². The minimum absolute atomic E-state index is 0.206. The van der Waals surface area contributed by atoms with Gasteiger partial charge >= 0.3 is 6.03 Å². The zero-order valence-electron chi connectivity index (χ0n) is 12.0. The molecule has 0 heterocycles. The van der Waals surface area contributed by atoms with Crippen LogP contribution in [0, 0.1) is 5.92 Å². The summed E-state index contributed by atoms with van der Waals surface area (Å²) in [5.41, 5.74) is 1.09. The van der Waals surface area contributed by atoms with Gasteiger partial charge in [0.15, 0.2) is 0 Å². The molecule has 0 saturated heterocycles. The maximum atomic E-state index is 11.5. The molecule has 0 radical (unpaired) electrons. The summed E-state index contributed by atoms with van der Waals surface area (Å²) in [4.78, 5) is 11.5. The topological polar surface area (TPSA) is 61.4 Å². The first kappa shape index (κ1) is 16.8. The summed E-state index contributed by atoms with van der Waals surface area (Å²) >= 11 is 5.89. The number of carbonyl (C=O) groups is 1. The number of urea groups is 1. The second kappa shape index (κ2) is 8.82. The van der Waals surface area contributed by atoms with Gasteiger partial charge in [0, 0.05) is 18.1 Å². The number of aliphatic hydroxyl groups excluding tert-OH is 1. The predicted octanol–water partition coefficient (Wildman–Crippen LogP) is 2.59. The molecule has 112 valence electrons. The largest absolute Gasteiger partial charge is 0.393 e. The summed E-state index contributed by atoms with van der Waals surface area (Å²) in [6.45, 7) is 4.94. The van der Waals surface area contributed by atoms with E-state index in [1.165, 1.54) is 0 Å². The van der Waals surface area contributed by atoms with Gasteiger partial charge in [-0.1, -0.05) is 37.6 Å². The molecule has 0 spiro atoms. The van der Waals surface area contributed by atoms with Gasteiger partial charge in [0.05, 0.1) is 6.10 Å². The van der Waals surface area contributed by atoms with Crippen molar-refractivity contribution in [2.24, 2.45) is 5.92 Å². The van der Waals surface area contributed by atoms with Gasteiger partial charge in [-0.2, -0.15) is 0 Å². The van der Waals surface area contributed by atoms with E-state index in [0.29, 0.717) is 24.5 Å². The smallest absolute Gasteiger partial charge is 0.314 e. The molecule has 0 aliphatic heterocycles. The van der Waals surface area contributed by atoms with Crippen molar-refractivity contribution in [3.63, 3.8) is 0 Å². The standard InChI is InChI=1S/C15H23ClN2O2/c1-11(2)14(19)7-9-18-15(20)17-8-6-12-4-3-5-13(16)10-12/h3-5,10-11,14,19H,6-9H2,1-2H3,(H2,17,18,20). The minimum atomic E-state index is -0.373. The highest BCUT2D eigenvalue weighted by Gasteiger charge is 2.09. The van der Waals surface area contributed by atoms with Crippen molar-refractivity contribution in [1.82, 2.24) is 10.6 Å². The van der Waals surface area contributed by atoms with Gasteiger partial charge in [-0.15, -0.1) is 0 Å². The molecule has 1 aromatic rings. The predicted molar refractivity (Wildman–Crippen MR) is 82.0 cm³/mol. The van der Waals surface area contributed by atoms with E-state index in [0.717, 1.165) is 12.0 Å². The maximum absolute atomic E-state index is 11.5. The van der Waals surface area contributed by atoms with E-state index < -0.39 is 0 Å². The Morgan fingerprint density at radius 1 is 1.30 bits per heavy atom. The van der Waals surface area contributed by atoms with Crippen LogP contribution in [-0.2, 0) is 6.42 Å². The lowest BCUT2D eigenvalue weighted by atomic mass is 10.0. The third-order valence-electron chi connectivity index (χ3n) is 3.08. The van der Waals surface area contributed by atoms with Crippen LogP contribution < -0.4 is 10.6 Å². The number of benzene rings is 1. The molecule has 1 atom stereocenters. The van der Waals surface area contributed by atoms with Gasteiger partial charge in [-0.05, 0) is 36.5 Å². The Balaban J connectivity index is 2.14. The number of rotatable bonds is 7. The van der Waals surface area contributed by atoms with Gasteiger partial charge in [0.1, 0.15) is 0 Å². The normalized spacial score (nSPS) is 12.2. The molecule has 2 amide bonds. The molecule has 0 aliphatic rings. The lowest BCUT2D eigenvalue weighted by Gasteiger charge is -2.14. The highest BCUT2D eigenvalue weighted by molar-refractivity contribution is 6.30. The zero-order valence-corrected chi connectivity index (χ0v) is 12.8. The van der Waals surface area contributed by atoms with Crippen molar-refractivity contribution in [3.8, 4) is 0 Å². The number of amides is 2. The second-order valence-corrected chi connectivity index (χ2v) is 5.60. The molecule has 0 aliphatic carbocycles. The lowest BCUT2D eigenvalue weighted by Crippen LogP contribution is -2.38. The van der Waals surface area contributed by atoms with Gasteiger partial charge in [-0.25, -0.2) is 4.79 Å². The van der Waals surface area contributed by atoms with E-state index in [4.69, 9.17) is 11.6 Å². The quantitative estimate of drug-likeness (QED) is 0.724. The number of nitrogens with one attached hydrogen (secondary N) is 2. The molecule has 5 heteroatoms. The molecule has 0 bridgehead atoms. The van der Waals surface area contributed by atoms with Crippen LogP contribution in [0.3, 0.4) is 0 Å². The van der Waals surface area contributed by atoms with Crippen LogP contribution in [0.5, 0.6) is 0 Å². The fourth-order valence-corrected chi connectivity index (χ4v) is 1.96. The summed E-state index contributed by atoms with van der Waals surface area (Å²) < 4.78 is 0. The first-order chi connectivity index (χ1) is 9.49. The van der Waals surface area contributed by atoms with Crippen molar-refractivity contribution in [3.05, 3.63) is 34.9 Å². The molecule has 20 heavy (non-hydrogen) atoms. The number of hydrogen-bond acceptors (Lipinski definition) is 2. The molecule has 0 saturated carbocycles.